The highest BCUT2D eigenvalue weighted by atomic mass is 14.8. The molecule has 0 saturated heterocycles. The Hall–Kier alpha value is 0. The van der Waals surface area contributed by atoms with Crippen LogP contribution in [0, 0.1) is 28.1 Å². The molecule has 3 rings (SSSR count). The van der Waals surface area contributed by atoms with E-state index < -0.39 is 0 Å². The lowest BCUT2D eigenvalue weighted by atomic mass is 9.30. The SMILES string of the molecule is CC1CC2(C(C)CC23CC3)C1(C)C. The maximum atomic E-state index is 2.52. The van der Waals surface area contributed by atoms with Gasteiger partial charge in [-0.05, 0) is 53.8 Å². The molecule has 3 saturated carbocycles. The van der Waals surface area contributed by atoms with E-state index in [9.17, 15) is 0 Å². The van der Waals surface area contributed by atoms with Gasteiger partial charge in [0.25, 0.3) is 0 Å². The van der Waals surface area contributed by atoms with Crippen molar-refractivity contribution in [1.29, 1.82) is 0 Å². The Balaban J connectivity index is 1.98. The highest BCUT2D eigenvalue weighted by molar-refractivity contribution is 5.27. The maximum absolute atomic E-state index is 2.52. The first kappa shape index (κ1) is 8.32. The molecule has 13 heavy (non-hydrogen) atoms. The molecule has 3 unspecified atom stereocenters. The van der Waals surface area contributed by atoms with E-state index >= 15 is 0 Å². The van der Waals surface area contributed by atoms with Crippen LogP contribution in [0.2, 0.25) is 0 Å². The van der Waals surface area contributed by atoms with Gasteiger partial charge in [0, 0.05) is 0 Å². The Morgan fingerprint density at radius 1 is 0.923 bits per heavy atom. The number of hydrogen-bond acceptors (Lipinski definition) is 0. The summed E-state index contributed by atoms with van der Waals surface area (Å²) in [5.74, 6) is 1.98. The minimum absolute atomic E-state index is 0.640. The fourth-order valence-electron chi connectivity index (χ4n) is 5.18. The van der Waals surface area contributed by atoms with Gasteiger partial charge in [-0.2, -0.15) is 0 Å². The van der Waals surface area contributed by atoms with Crippen LogP contribution in [0.5, 0.6) is 0 Å². The van der Waals surface area contributed by atoms with Crippen molar-refractivity contribution in [2.45, 2.75) is 53.4 Å². The van der Waals surface area contributed by atoms with E-state index in [0.29, 0.717) is 5.41 Å². The van der Waals surface area contributed by atoms with Crippen molar-refractivity contribution in [2.24, 2.45) is 28.1 Å². The van der Waals surface area contributed by atoms with Crippen LogP contribution < -0.4 is 0 Å². The second-order valence-electron chi connectivity index (χ2n) is 6.68. The molecule has 0 aliphatic heterocycles. The lowest BCUT2D eigenvalue weighted by molar-refractivity contribution is -0.261. The largest absolute Gasteiger partial charge is 0.0620 e. The van der Waals surface area contributed by atoms with E-state index in [4.69, 9.17) is 0 Å². The first-order valence-corrected chi connectivity index (χ1v) is 5.96. The average Bonchev–Trinajstić information content (AvgIpc) is 2.81. The van der Waals surface area contributed by atoms with Gasteiger partial charge in [-0.25, -0.2) is 0 Å². The van der Waals surface area contributed by atoms with Crippen LogP contribution >= 0.6 is 0 Å². The van der Waals surface area contributed by atoms with E-state index in [-0.39, 0.29) is 0 Å². The summed E-state index contributed by atoms with van der Waals surface area (Å²) in [6.07, 6.45) is 6.17. The van der Waals surface area contributed by atoms with Gasteiger partial charge in [0.2, 0.25) is 0 Å². The van der Waals surface area contributed by atoms with Crippen LogP contribution in [0.15, 0.2) is 0 Å². The van der Waals surface area contributed by atoms with Gasteiger partial charge in [0.1, 0.15) is 0 Å². The van der Waals surface area contributed by atoms with Crippen molar-refractivity contribution in [1.82, 2.24) is 0 Å². The molecular formula is C13H22. The second-order valence-corrected chi connectivity index (χ2v) is 6.68. The monoisotopic (exact) mass is 178 g/mol. The summed E-state index contributed by atoms with van der Waals surface area (Å²) < 4.78 is 0. The van der Waals surface area contributed by atoms with Crippen LogP contribution in [0.1, 0.15) is 53.4 Å². The summed E-state index contributed by atoms with van der Waals surface area (Å²) in [5, 5.41) is 0. The molecule has 0 heteroatoms. The van der Waals surface area contributed by atoms with Gasteiger partial charge in [-0.1, -0.05) is 27.7 Å². The summed E-state index contributed by atoms with van der Waals surface area (Å²) in [4.78, 5) is 0. The Labute approximate surface area is 82.1 Å². The second kappa shape index (κ2) is 1.85. The topological polar surface area (TPSA) is 0 Å². The lowest BCUT2D eigenvalue weighted by Crippen LogP contribution is -2.68. The van der Waals surface area contributed by atoms with Crippen molar-refractivity contribution >= 4 is 0 Å². The highest BCUT2D eigenvalue weighted by Crippen LogP contribution is 2.86. The van der Waals surface area contributed by atoms with Crippen molar-refractivity contribution in [3.63, 3.8) is 0 Å². The number of fused-ring (bicyclic) bond motifs is 1. The molecule has 0 amide bonds. The van der Waals surface area contributed by atoms with Gasteiger partial charge in [0.15, 0.2) is 0 Å². The Morgan fingerprint density at radius 2 is 1.54 bits per heavy atom. The van der Waals surface area contributed by atoms with E-state index in [1.54, 1.807) is 19.3 Å². The summed E-state index contributed by atoms with van der Waals surface area (Å²) in [6, 6.07) is 0. The molecule has 0 N–H and O–H groups in total. The standard InChI is InChI=1S/C13H22/c1-9-8-13(11(9,3)4)10(2)7-12(13)5-6-12/h9-10H,5-8H2,1-4H3. The molecule has 2 spiro atoms. The quantitative estimate of drug-likeness (QED) is 0.528. The van der Waals surface area contributed by atoms with E-state index in [0.717, 1.165) is 22.7 Å². The lowest BCUT2D eigenvalue weighted by Gasteiger charge is -2.74. The van der Waals surface area contributed by atoms with Gasteiger partial charge in [-0.3, -0.25) is 0 Å². The van der Waals surface area contributed by atoms with Gasteiger partial charge in [0.05, 0.1) is 0 Å². The fourth-order valence-corrected chi connectivity index (χ4v) is 5.18. The van der Waals surface area contributed by atoms with Gasteiger partial charge >= 0.3 is 0 Å². The molecule has 0 nitrogen and oxygen atoms in total. The van der Waals surface area contributed by atoms with E-state index in [2.05, 4.69) is 27.7 Å². The summed E-state index contributed by atoms with van der Waals surface area (Å²) in [6.45, 7) is 10.00. The third kappa shape index (κ3) is 0.593. The molecule has 0 bridgehead atoms. The zero-order valence-electron chi connectivity index (χ0n) is 9.48. The normalized spacial score (nSPS) is 54.5. The van der Waals surface area contributed by atoms with E-state index in [1.165, 1.54) is 6.42 Å². The molecule has 0 radical (unpaired) electrons. The fraction of sp³-hybridized carbons (Fsp3) is 1.00. The molecule has 3 aliphatic carbocycles. The predicted molar refractivity (Wildman–Crippen MR) is 55.4 cm³/mol. The van der Waals surface area contributed by atoms with Crippen molar-refractivity contribution in [2.75, 3.05) is 0 Å². The first-order valence-electron chi connectivity index (χ1n) is 5.96. The highest BCUT2D eigenvalue weighted by Gasteiger charge is 2.78. The summed E-state index contributed by atoms with van der Waals surface area (Å²) in [7, 11) is 0. The number of rotatable bonds is 0. The minimum atomic E-state index is 0.640. The zero-order valence-corrected chi connectivity index (χ0v) is 9.48. The minimum Gasteiger partial charge on any atom is -0.0620 e. The van der Waals surface area contributed by atoms with Crippen LogP contribution in [0.4, 0.5) is 0 Å². The van der Waals surface area contributed by atoms with E-state index in [1.807, 2.05) is 0 Å². The molecule has 0 aromatic carbocycles. The zero-order chi connectivity index (χ0) is 9.48. The van der Waals surface area contributed by atoms with Crippen molar-refractivity contribution < 1.29 is 0 Å². The van der Waals surface area contributed by atoms with Gasteiger partial charge in [-0.15, -0.1) is 0 Å². The molecule has 74 valence electrons. The third-order valence-corrected chi connectivity index (χ3v) is 6.35. The first-order chi connectivity index (χ1) is 5.96. The molecule has 0 aromatic heterocycles. The Kier molecular flexibility index (Phi) is 1.19. The van der Waals surface area contributed by atoms with Gasteiger partial charge < -0.3 is 0 Å². The average molecular weight is 178 g/mol. The van der Waals surface area contributed by atoms with Crippen LogP contribution in [0.25, 0.3) is 0 Å². The predicted octanol–water partition coefficient (Wildman–Crippen LogP) is 3.86. The molecule has 0 heterocycles. The third-order valence-electron chi connectivity index (χ3n) is 6.35. The summed E-state index contributed by atoms with van der Waals surface area (Å²) >= 11 is 0. The molecule has 0 aromatic rings. The Bertz CT molecular complexity index is 259. The maximum Gasteiger partial charge on any atom is -0.0159 e. The van der Waals surface area contributed by atoms with Crippen molar-refractivity contribution in [3.8, 4) is 0 Å². The molecule has 3 atom stereocenters. The Morgan fingerprint density at radius 3 is 1.85 bits per heavy atom. The van der Waals surface area contributed by atoms with Crippen LogP contribution in [-0.2, 0) is 0 Å². The van der Waals surface area contributed by atoms with Crippen molar-refractivity contribution in [3.05, 3.63) is 0 Å². The van der Waals surface area contributed by atoms with Crippen LogP contribution in [0.3, 0.4) is 0 Å². The van der Waals surface area contributed by atoms with Crippen LogP contribution in [-0.4, -0.2) is 0 Å². The molecule has 3 aliphatic rings. The molecular weight excluding hydrogens is 156 g/mol. The smallest absolute Gasteiger partial charge is 0.0159 e. The number of hydrogen-bond donors (Lipinski definition) is 0. The summed E-state index contributed by atoms with van der Waals surface area (Å²) in [5.41, 5.74) is 2.27. The molecule has 3 fully saturated rings.